The summed E-state index contributed by atoms with van der Waals surface area (Å²) in [6, 6.07) is 13.6. The average Bonchev–Trinajstić information content (AvgIpc) is 2.61. The minimum absolute atomic E-state index is 0.0493. The number of aliphatic imine (C=N–C) groups is 1. The van der Waals surface area contributed by atoms with Gasteiger partial charge < -0.3 is 20.5 Å². The van der Waals surface area contributed by atoms with Crippen LogP contribution in [0.1, 0.15) is 29.6 Å². The first-order valence-corrected chi connectivity index (χ1v) is 8.05. The molecule has 0 fully saturated rings. The average molecular weight is 346 g/mol. The first kappa shape index (κ1) is 16.5. The van der Waals surface area contributed by atoms with Crippen molar-refractivity contribution in [1.29, 1.82) is 0 Å². The summed E-state index contributed by atoms with van der Waals surface area (Å²) >= 11 is 5.97. The third-order valence-electron chi connectivity index (χ3n) is 4.14. The Labute approximate surface area is 146 Å². The summed E-state index contributed by atoms with van der Waals surface area (Å²) in [4.78, 5) is 4.54. The van der Waals surface area contributed by atoms with Crippen molar-refractivity contribution >= 4 is 17.6 Å². The number of nitrogens with zero attached hydrogens (tertiary/aromatic N) is 1. The minimum Gasteiger partial charge on any atom is -0.493 e. The summed E-state index contributed by atoms with van der Waals surface area (Å²) in [7, 11) is 3.24. The highest BCUT2D eigenvalue weighted by Crippen LogP contribution is 2.36. The molecule has 0 bridgehead atoms. The van der Waals surface area contributed by atoms with E-state index in [0.717, 1.165) is 17.5 Å². The standard InChI is InChI=1S/C18H20ClN3O2/c1-23-16-8-5-12(9-17(16)24-2)15-10-14(21-18(20)22-15)11-3-6-13(19)7-4-11/h3-9,14-15H,10H2,1-2H3,(H3,20,21,22). The molecule has 1 aliphatic heterocycles. The molecule has 1 aliphatic rings. The number of methoxy groups -OCH3 is 2. The molecule has 2 unspecified atom stereocenters. The highest BCUT2D eigenvalue weighted by molar-refractivity contribution is 6.30. The maximum Gasteiger partial charge on any atom is 0.189 e. The van der Waals surface area contributed by atoms with Gasteiger partial charge in [0.05, 0.1) is 26.3 Å². The zero-order valence-corrected chi connectivity index (χ0v) is 14.4. The van der Waals surface area contributed by atoms with Gasteiger partial charge in [0.1, 0.15) is 0 Å². The highest BCUT2D eigenvalue weighted by atomic mass is 35.5. The van der Waals surface area contributed by atoms with Gasteiger partial charge in [0.15, 0.2) is 17.5 Å². The molecule has 0 saturated carbocycles. The Morgan fingerprint density at radius 1 is 1.04 bits per heavy atom. The van der Waals surface area contributed by atoms with Gasteiger partial charge in [-0.15, -0.1) is 0 Å². The summed E-state index contributed by atoms with van der Waals surface area (Å²) in [6.07, 6.45) is 0.789. The molecule has 0 aromatic heterocycles. The van der Waals surface area contributed by atoms with E-state index in [2.05, 4.69) is 10.3 Å². The molecule has 2 atom stereocenters. The Bertz CT molecular complexity index is 746. The minimum atomic E-state index is -0.0493. The van der Waals surface area contributed by atoms with Crippen LogP contribution in [0, 0.1) is 0 Å². The second-order valence-corrected chi connectivity index (χ2v) is 6.07. The summed E-state index contributed by atoms with van der Waals surface area (Å²) < 4.78 is 10.7. The van der Waals surface area contributed by atoms with Crippen molar-refractivity contribution in [3.8, 4) is 11.5 Å². The van der Waals surface area contributed by atoms with Crippen molar-refractivity contribution in [1.82, 2.24) is 5.32 Å². The van der Waals surface area contributed by atoms with Crippen molar-refractivity contribution in [3.05, 3.63) is 58.6 Å². The number of benzene rings is 2. The normalized spacial score (nSPS) is 20.0. The van der Waals surface area contributed by atoms with Gasteiger partial charge in [0, 0.05) is 5.02 Å². The van der Waals surface area contributed by atoms with Crippen LogP contribution in [-0.2, 0) is 0 Å². The van der Waals surface area contributed by atoms with Crippen LogP contribution in [-0.4, -0.2) is 20.2 Å². The zero-order chi connectivity index (χ0) is 17.1. The van der Waals surface area contributed by atoms with Crippen LogP contribution in [0.4, 0.5) is 0 Å². The molecule has 1 heterocycles. The predicted molar refractivity (Wildman–Crippen MR) is 95.9 cm³/mol. The Balaban J connectivity index is 1.88. The predicted octanol–water partition coefficient (Wildman–Crippen LogP) is 3.45. The summed E-state index contributed by atoms with van der Waals surface area (Å²) in [5, 5.41) is 3.95. The molecule has 0 spiro atoms. The molecule has 126 valence electrons. The fourth-order valence-electron chi connectivity index (χ4n) is 2.90. The Kier molecular flexibility index (Phi) is 4.81. The van der Waals surface area contributed by atoms with E-state index in [4.69, 9.17) is 26.8 Å². The van der Waals surface area contributed by atoms with Gasteiger partial charge in [-0.3, -0.25) is 0 Å². The van der Waals surface area contributed by atoms with Gasteiger partial charge in [0.25, 0.3) is 0 Å². The second-order valence-electron chi connectivity index (χ2n) is 5.63. The first-order chi connectivity index (χ1) is 11.6. The van der Waals surface area contributed by atoms with Crippen LogP contribution in [0.5, 0.6) is 11.5 Å². The van der Waals surface area contributed by atoms with Gasteiger partial charge in [-0.05, 0) is 41.8 Å². The third-order valence-corrected chi connectivity index (χ3v) is 4.39. The van der Waals surface area contributed by atoms with Crippen molar-refractivity contribution in [2.75, 3.05) is 14.2 Å². The smallest absolute Gasteiger partial charge is 0.189 e. The largest absolute Gasteiger partial charge is 0.493 e. The fraction of sp³-hybridized carbons (Fsp3) is 0.278. The van der Waals surface area contributed by atoms with Gasteiger partial charge in [0.2, 0.25) is 0 Å². The summed E-state index contributed by atoms with van der Waals surface area (Å²) in [5.41, 5.74) is 8.17. The van der Waals surface area contributed by atoms with E-state index >= 15 is 0 Å². The molecule has 24 heavy (non-hydrogen) atoms. The molecule has 5 nitrogen and oxygen atoms in total. The van der Waals surface area contributed by atoms with E-state index in [0.29, 0.717) is 22.5 Å². The van der Waals surface area contributed by atoms with Crippen molar-refractivity contribution < 1.29 is 9.47 Å². The van der Waals surface area contributed by atoms with Gasteiger partial charge in [-0.25, -0.2) is 4.99 Å². The first-order valence-electron chi connectivity index (χ1n) is 7.68. The number of hydrogen-bond acceptors (Lipinski definition) is 5. The maximum atomic E-state index is 6.00. The summed E-state index contributed by atoms with van der Waals surface area (Å²) in [6.45, 7) is 0. The number of ether oxygens (including phenoxy) is 2. The lowest BCUT2D eigenvalue weighted by Gasteiger charge is -2.29. The summed E-state index contributed by atoms with van der Waals surface area (Å²) in [5.74, 6) is 1.81. The monoisotopic (exact) mass is 345 g/mol. The Morgan fingerprint density at radius 2 is 1.71 bits per heavy atom. The highest BCUT2D eigenvalue weighted by Gasteiger charge is 2.25. The number of nitrogens with one attached hydrogen (secondary N) is 1. The second kappa shape index (κ2) is 7.01. The number of nitrogens with two attached hydrogens (primary N) is 1. The van der Waals surface area contributed by atoms with Crippen molar-refractivity contribution in [2.24, 2.45) is 10.7 Å². The Morgan fingerprint density at radius 3 is 2.38 bits per heavy atom. The van der Waals surface area contributed by atoms with Gasteiger partial charge in [-0.1, -0.05) is 29.8 Å². The van der Waals surface area contributed by atoms with Crippen LogP contribution in [0.2, 0.25) is 5.02 Å². The molecule has 0 radical (unpaired) electrons. The lowest BCUT2D eigenvalue weighted by Crippen LogP contribution is -2.39. The van der Waals surface area contributed by atoms with E-state index in [1.54, 1.807) is 14.2 Å². The number of rotatable bonds is 4. The molecule has 3 rings (SSSR count). The van der Waals surface area contributed by atoms with Crippen molar-refractivity contribution in [3.63, 3.8) is 0 Å². The molecule has 2 aromatic carbocycles. The molecular weight excluding hydrogens is 326 g/mol. The van der Waals surface area contributed by atoms with E-state index in [9.17, 15) is 0 Å². The third kappa shape index (κ3) is 3.41. The lowest BCUT2D eigenvalue weighted by atomic mass is 9.93. The zero-order valence-electron chi connectivity index (χ0n) is 13.6. The molecule has 2 aromatic rings. The molecule has 0 aliphatic carbocycles. The topological polar surface area (TPSA) is 68.9 Å². The fourth-order valence-corrected chi connectivity index (χ4v) is 3.03. The van der Waals surface area contributed by atoms with E-state index in [-0.39, 0.29) is 12.1 Å². The van der Waals surface area contributed by atoms with Crippen LogP contribution in [0.3, 0.4) is 0 Å². The number of hydrogen-bond donors (Lipinski definition) is 2. The van der Waals surface area contributed by atoms with Gasteiger partial charge in [-0.2, -0.15) is 0 Å². The van der Waals surface area contributed by atoms with Crippen molar-refractivity contribution in [2.45, 2.75) is 18.5 Å². The van der Waals surface area contributed by atoms with Crippen LogP contribution < -0.4 is 20.5 Å². The van der Waals surface area contributed by atoms with E-state index in [1.807, 2.05) is 42.5 Å². The molecule has 6 heteroatoms. The van der Waals surface area contributed by atoms with E-state index < -0.39 is 0 Å². The van der Waals surface area contributed by atoms with Gasteiger partial charge >= 0.3 is 0 Å². The van der Waals surface area contributed by atoms with Crippen LogP contribution in [0.15, 0.2) is 47.5 Å². The molecule has 0 saturated heterocycles. The van der Waals surface area contributed by atoms with Crippen LogP contribution >= 0.6 is 11.6 Å². The number of guanidine groups is 1. The quantitative estimate of drug-likeness (QED) is 0.890. The lowest BCUT2D eigenvalue weighted by molar-refractivity contribution is 0.353. The molecule has 3 N–H and O–H groups in total. The number of halogens is 1. The Hall–Kier alpha value is -2.40. The SMILES string of the molecule is COc1ccc(C2CC(c3ccc(Cl)cc3)NC(N)=N2)cc1OC. The van der Waals surface area contributed by atoms with E-state index in [1.165, 1.54) is 0 Å². The maximum absolute atomic E-state index is 6.00. The molecule has 0 amide bonds. The molecular formula is C18H20ClN3O2. The van der Waals surface area contributed by atoms with Crippen LogP contribution in [0.25, 0.3) is 0 Å².